The van der Waals surface area contributed by atoms with Gasteiger partial charge in [0.15, 0.2) is 0 Å². The van der Waals surface area contributed by atoms with Crippen LogP contribution in [0.5, 0.6) is 0 Å². The van der Waals surface area contributed by atoms with Crippen molar-refractivity contribution >= 4 is 17.7 Å². The molecule has 1 aromatic rings. The molecule has 1 saturated heterocycles. The maximum atomic E-state index is 12.1. The van der Waals surface area contributed by atoms with Crippen LogP contribution in [0.3, 0.4) is 0 Å². The lowest BCUT2D eigenvalue weighted by Gasteiger charge is -2.40. The van der Waals surface area contributed by atoms with Crippen LogP contribution in [0.15, 0.2) is 12.3 Å². The minimum absolute atomic E-state index is 0.0873. The summed E-state index contributed by atoms with van der Waals surface area (Å²) in [5.74, 6) is -1.21. The molecule has 2 N–H and O–H groups in total. The molecule has 3 amide bonds. The lowest BCUT2D eigenvalue weighted by molar-refractivity contribution is -0.155. The highest BCUT2D eigenvalue weighted by atomic mass is 16.2. The molecule has 0 unspecified atom stereocenters. The number of piperazine rings is 1. The minimum atomic E-state index is -1.02. The highest BCUT2D eigenvalue weighted by molar-refractivity contribution is 6.06. The van der Waals surface area contributed by atoms with Gasteiger partial charge in [-0.3, -0.25) is 24.8 Å². The summed E-state index contributed by atoms with van der Waals surface area (Å²) in [7, 11) is 0. The van der Waals surface area contributed by atoms with Crippen molar-refractivity contribution in [1.29, 1.82) is 0 Å². The van der Waals surface area contributed by atoms with Crippen LogP contribution in [0, 0.1) is 0 Å². The number of nitrogens with one attached hydrogen (secondary N) is 2. The normalized spacial score (nSPS) is 18.7. The number of carbonyl (C=O) groups excluding carboxylic acids is 3. The Kier molecular flexibility index (Phi) is 2.90. The van der Waals surface area contributed by atoms with Gasteiger partial charge < -0.3 is 4.90 Å². The van der Waals surface area contributed by atoms with Crippen LogP contribution in [0.4, 0.5) is 0 Å². The molecule has 96 valence electrons. The molecule has 0 aliphatic carbocycles. The molecule has 1 aliphatic rings. The third-order valence-corrected chi connectivity index (χ3v) is 2.99. The van der Waals surface area contributed by atoms with E-state index in [0.29, 0.717) is 5.69 Å². The van der Waals surface area contributed by atoms with E-state index in [2.05, 4.69) is 15.5 Å². The average Bonchev–Trinajstić information content (AvgIpc) is 2.76. The molecule has 1 aromatic heterocycles. The van der Waals surface area contributed by atoms with E-state index < -0.39 is 17.4 Å². The van der Waals surface area contributed by atoms with Crippen LogP contribution in [0.2, 0.25) is 0 Å². The Labute approximate surface area is 104 Å². The predicted octanol–water partition coefficient (Wildman–Crippen LogP) is -0.784. The number of carbonyl (C=O) groups is 3. The topological polar surface area (TPSA) is 95.2 Å². The Morgan fingerprint density at radius 2 is 2.22 bits per heavy atom. The standard InChI is InChI=1S/C11H14N4O3/c1-11(2)10(18)13-8(16)6-15(11)9(17)5-7-3-4-12-14-7/h3-4H,5-6H2,1-2H3,(H,12,14)(H,13,16,18). The van der Waals surface area contributed by atoms with Crippen molar-refractivity contribution in [2.75, 3.05) is 6.54 Å². The van der Waals surface area contributed by atoms with E-state index in [1.165, 1.54) is 4.90 Å². The predicted molar refractivity (Wildman–Crippen MR) is 61.2 cm³/mol. The molecule has 7 nitrogen and oxygen atoms in total. The van der Waals surface area contributed by atoms with Gasteiger partial charge >= 0.3 is 0 Å². The Morgan fingerprint density at radius 1 is 1.50 bits per heavy atom. The van der Waals surface area contributed by atoms with E-state index in [0.717, 1.165) is 0 Å². The number of imide groups is 1. The Balaban J connectivity index is 2.17. The zero-order valence-corrected chi connectivity index (χ0v) is 10.2. The van der Waals surface area contributed by atoms with Gasteiger partial charge in [0.25, 0.3) is 5.91 Å². The number of nitrogens with zero attached hydrogens (tertiary/aromatic N) is 2. The van der Waals surface area contributed by atoms with Crippen molar-refractivity contribution in [2.45, 2.75) is 25.8 Å². The van der Waals surface area contributed by atoms with Gasteiger partial charge in [0.1, 0.15) is 12.1 Å². The van der Waals surface area contributed by atoms with Crippen LogP contribution < -0.4 is 5.32 Å². The summed E-state index contributed by atoms with van der Waals surface area (Å²) in [5.41, 5.74) is -0.375. The third-order valence-electron chi connectivity index (χ3n) is 2.99. The lowest BCUT2D eigenvalue weighted by atomic mass is 9.98. The van der Waals surface area contributed by atoms with Crippen molar-refractivity contribution in [3.05, 3.63) is 18.0 Å². The second-order valence-corrected chi connectivity index (χ2v) is 4.67. The number of hydrogen-bond donors (Lipinski definition) is 2. The monoisotopic (exact) mass is 250 g/mol. The third kappa shape index (κ3) is 2.11. The Hall–Kier alpha value is -2.18. The molecule has 0 atom stereocenters. The molecule has 0 aromatic carbocycles. The van der Waals surface area contributed by atoms with Gasteiger partial charge in [-0.15, -0.1) is 0 Å². The second-order valence-electron chi connectivity index (χ2n) is 4.67. The molecular weight excluding hydrogens is 236 g/mol. The Bertz CT molecular complexity index is 492. The van der Waals surface area contributed by atoms with Crippen molar-refractivity contribution in [3.8, 4) is 0 Å². The quantitative estimate of drug-likeness (QED) is 0.673. The van der Waals surface area contributed by atoms with Crippen LogP contribution in [0.1, 0.15) is 19.5 Å². The fourth-order valence-electron chi connectivity index (χ4n) is 1.82. The van der Waals surface area contributed by atoms with Crippen molar-refractivity contribution in [3.63, 3.8) is 0 Å². The molecule has 7 heteroatoms. The summed E-state index contributed by atoms with van der Waals surface area (Å²) in [6, 6.07) is 1.68. The van der Waals surface area contributed by atoms with Gasteiger partial charge in [-0.1, -0.05) is 0 Å². The van der Waals surface area contributed by atoms with E-state index >= 15 is 0 Å². The molecule has 0 bridgehead atoms. The number of aromatic amines is 1. The molecular formula is C11H14N4O3. The number of H-pyrrole nitrogens is 1. The molecule has 2 heterocycles. The van der Waals surface area contributed by atoms with E-state index in [-0.39, 0.29) is 18.9 Å². The zero-order chi connectivity index (χ0) is 13.3. The molecule has 0 saturated carbocycles. The smallest absolute Gasteiger partial charge is 0.252 e. The summed E-state index contributed by atoms with van der Waals surface area (Å²) in [4.78, 5) is 36.4. The van der Waals surface area contributed by atoms with Crippen LogP contribution >= 0.6 is 0 Å². The van der Waals surface area contributed by atoms with Gasteiger partial charge in [0.2, 0.25) is 11.8 Å². The first-order chi connectivity index (χ1) is 8.41. The highest BCUT2D eigenvalue weighted by Crippen LogP contribution is 2.19. The van der Waals surface area contributed by atoms with E-state index in [9.17, 15) is 14.4 Å². The van der Waals surface area contributed by atoms with Crippen LogP contribution in [0.25, 0.3) is 0 Å². The largest absolute Gasteiger partial charge is 0.319 e. The maximum absolute atomic E-state index is 12.1. The summed E-state index contributed by atoms with van der Waals surface area (Å²) < 4.78 is 0. The van der Waals surface area contributed by atoms with Crippen molar-refractivity contribution in [1.82, 2.24) is 20.4 Å². The molecule has 18 heavy (non-hydrogen) atoms. The number of amides is 3. The molecule has 0 spiro atoms. The van der Waals surface area contributed by atoms with Gasteiger partial charge in [-0.2, -0.15) is 5.10 Å². The number of aromatic nitrogens is 2. The number of hydrogen-bond acceptors (Lipinski definition) is 4. The van der Waals surface area contributed by atoms with E-state index in [4.69, 9.17) is 0 Å². The van der Waals surface area contributed by atoms with E-state index in [1.807, 2.05) is 0 Å². The van der Waals surface area contributed by atoms with Gasteiger partial charge in [-0.25, -0.2) is 0 Å². The van der Waals surface area contributed by atoms with Crippen LogP contribution in [-0.2, 0) is 20.8 Å². The lowest BCUT2D eigenvalue weighted by Crippen LogP contribution is -2.65. The van der Waals surface area contributed by atoms with Gasteiger partial charge in [-0.05, 0) is 19.9 Å². The molecule has 1 aliphatic heterocycles. The van der Waals surface area contributed by atoms with Gasteiger partial charge in [0, 0.05) is 11.9 Å². The zero-order valence-electron chi connectivity index (χ0n) is 10.2. The van der Waals surface area contributed by atoms with Gasteiger partial charge in [0.05, 0.1) is 6.42 Å². The highest BCUT2D eigenvalue weighted by Gasteiger charge is 2.43. The van der Waals surface area contributed by atoms with Crippen LogP contribution in [-0.4, -0.2) is 44.9 Å². The molecule has 0 radical (unpaired) electrons. The molecule has 2 rings (SSSR count). The fraction of sp³-hybridized carbons (Fsp3) is 0.455. The second kappa shape index (κ2) is 4.25. The summed E-state index contributed by atoms with van der Waals surface area (Å²) in [5, 5.41) is 8.64. The van der Waals surface area contributed by atoms with Crippen molar-refractivity contribution < 1.29 is 14.4 Å². The fourth-order valence-corrected chi connectivity index (χ4v) is 1.82. The first-order valence-corrected chi connectivity index (χ1v) is 5.54. The molecule has 1 fully saturated rings. The van der Waals surface area contributed by atoms with E-state index in [1.54, 1.807) is 26.1 Å². The van der Waals surface area contributed by atoms with Crippen molar-refractivity contribution in [2.24, 2.45) is 0 Å². The Morgan fingerprint density at radius 3 is 2.83 bits per heavy atom. The first-order valence-electron chi connectivity index (χ1n) is 5.54. The summed E-state index contributed by atoms with van der Waals surface area (Å²) in [6.07, 6.45) is 1.63. The summed E-state index contributed by atoms with van der Waals surface area (Å²) >= 11 is 0. The SMILES string of the molecule is CC1(C)C(=O)NC(=O)CN1C(=O)Cc1ccn[nH]1. The average molecular weight is 250 g/mol. The maximum Gasteiger partial charge on any atom is 0.252 e. The first kappa shape index (κ1) is 12.3. The minimum Gasteiger partial charge on any atom is -0.319 e. The number of rotatable bonds is 2. The summed E-state index contributed by atoms with van der Waals surface area (Å²) in [6.45, 7) is 3.12.